The van der Waals surface area contributed by atoms with Crippen LogP contribution in [0.25, 0.3) is 22.4 Å². The second-order valence-electron chi connectivity index (χ2n) is 9.92. The standard InChI is InChI=1S/C28H21Cl2F2N5O4S/c1-2-42(39,40)18-4-6-23-15(9-18)13-33-37(23)14-24(38)34-17-11-20(29)25(21(30)12-17)28(7-8-28)27-35-26(41-36-27)19-5-3-16(31)10-22(19)32/h3-6,9-13H,2,7-8,14H2,1H3,(H,34,38). The quantitative estimate of drug-likeness (QED) is 0.217. The number of carbonyl (C=O) groups excluding carboxylic acids is 1. The van der Waals surface area contributed by atoms with Crippen LogP contribution in [-0.4, -0.2) is 40.0 Å². The fraction of sp³-hybridized carbons (Fsp3) is 0.214. The van der Waals surface area contributed by atoms with Gasteiger partial charge < -0.3 is 9.84 Å². The molecule has 1 N–H and O–H groups in total. The molecule has 0 atom stereocenters. The van der Waals surface area contributed by atoms with E-state index in [-0.39, 0.29) is 44.5 Å². The molecule has 6 rings (SSSR count). The minimum Gasteiger partial charge on any atom is -0.334 e. The molecule has 0 aliphatic heterocycles. The summed E-state index contributed by atoms with van der Waals surface area (Å²) in [6, 6.07) is 10.8. The average Bonchev–Trinajstić information content (AvgIpc) is 3.38. The molecule has 1 aliphatic carbocycles. The van der Waals surface area contributed by atoms with Crippen LogP contribution in [0.15, 0.2) is 64.1 Å². The molecule has 0 unspecified atom stereocenters. The average molecular weight is 632 g/mol. The van der Waals surface area contributed by atoms with Crippen molar-refractivity contribution in [3.05, 3.63) is 87.8 Å². The maximum Gasteiger partial charge on any atom is 0.260 e. The van der Waals surface area contributed by atoms with Gasteiger partial charge in [0.25, 0.3) is 5.89 Å². The van der Waals surface area contributed by atoms with Gasteiger partial charge in [-0.15, -0.1) is 0 Å². The first-order chi connectivity index (χ1) is 20.0. The van der Waals surface area contributed by atoms with Crippen molar-refractivity contribution in [1.29, 1.82) is 0 Å². The molecule has 0 bridgehead atoms. The van der Waals surface area contributed by atoms with Crippen LogP contribution in [0, 0.1) is 11.6 Å². The molecule has 1 fully saturated rings. The van der Waals surface area contributed by atoms with E-state index < -0.39 is 32.8 Å². The van der Waals surface area contributed by atoms with Gasteiger partial charge >= 0.3 is 0 Å². The van der Waals surface area contributed by atoms with E-state index in [4.69, 9.17) is 27.7 Å². The van der Waals surface area contributed by atoms with E-state index in [2.05, 4.69) is 20.6 Å². The van der Waals surface area contributed by atoms with Crippen LogP contribution in [-0.2, 0) is 26.6 Å². The predicted octanol–water partition coefficient (Wildman–Crippen LogP) is 6.18. The molecule has 0 spiro atoms. The third kappa shape index (κ3) is 5.03. The molecule has 0 radical (unpaired) electrons. The lowest BCUT2D eigenvalue weighted by Gasteiger charge is -2.17. The number of hydrogen-bond acceptors (Lipinski definition) is 7. The van der Waals surface area contributed by atoms with Crippen molar-refractivity contribution in [1.82, 2.24) is 19.9 Å². The van der Waals surface area contributed by atoms with Gasteiger partial charge in [0.2, 0.25) is 5.91 Å². The second kappa shape index (κ2) is 10.4. The molecule has 1 aliphatic rings. The summed E-state index contributed by atoms with van der Waals surface area (Å²) in [6.45, 7) is 1.43. The summed E-state index contributed by atoms with van der Waals surface area (Å²) in [4.78, 5) is 17.4. The molecular formula is C28H21Cl2F2N5O4S. The summed E-state index contributed by atoms with van der Waals surface area (Å²) >= 11 is 13.3. The third-order valence-corrected chi connectivity index (χ3v) is 9.54. The Morgan fingerprint density at radius 3 is 2.50 bits per heavy atom. The summed E-state index contributed by atoms with van der Waals surface area (Å²) in [7, 11) is -3.38. The van der Waals surface area contributed by atoms with Gasteiger partial charge in [0, 0.05) is 32.7 Å². The zero-order chi connectivity index (χ0) is 29.8. The Labute approximate surface area is 248 Å². The monoisotopic (exact) mass is 631 g/mol. The van der Waals surface area contributed by atoms with Crippen LogP contribution in [0.4, 0.5) is 14.5 Å². The third-order valence-electron chi connectivity index (χ3n) is 7.22. The maximum atomic E-state index is 14.3. The van der Waals surface area contributed by atoms with Crippen molar-refractivity contribution in [2.75, 3.05) is 11.1 Å². The van der Waals surface area contributed by atoms with Crippen molar-refractivity contribution in [3.8, 4) is 11.5 Å². The molecule has 3 aromatic carbocycles. The highest BCUT2D eigenvalue weighted by atomic mass is 35.5. The second-order valence-corrected chi connectivity index (χ2v) is 13.0. The van der Waals surface area contributed by atoms with Crippen molar-refractivity contribution >= 4 is 55.5 Å². The van der Waals surface area contributed by atoms with E-state index in [0.29, 0.717) is 35.0 Å². The summed E-state index contributed by atoms with van der Waals surface area (Å²) in [5.41, 5.74) is 0.712. The number of fused-ring (bicyclic) bond motifs is 1. The number of nitrogens with zero attached hydrogens (tertiary/aromatic N) is 4. The molecule has 9 nitrogen and oxygen atoms in total. The number of amides is 1. The van der Waals surface area contributed by atoms with Crippen LogP contribution in [0.1, 0.15) is 31.2 Å². The molecule has 5 aromatic rings. The van der Waals surface area contributed by atoms with E-state index in [1.807, 2.05) is 0 Å². The zero-order valence-electron chi connectivity index (χ0n) is 21.9. The van der Waals surface area contributed by atoms with Gasteiger partial charge in [0.1, 0.15) is 18.2 Å². The first-order valence-electron chi connectivity index (χ1n) is 12.8. The summed E-state index contributed by atoms with van der Waals surface area (Å²) in [5.74, 6) is -1.82. The van der Waals surface area contributed by atoms with Crippen LogP contribution in [0.3, 0.4) is 0 Å². The van der Waals surface area contributed by atoms with Gasteiger partial charge in [-0.25, -0.2) is 17.2 Å². The summed E-state index contributed by atoms with van der Waals surface area (Å²) in [5, 5.41) is 12.1. The molecule has 2 aromatic heterocycles. The van der Waals surface area contributed by atoms with E-state index in [1.165, 1.54) is 29.1 Å². The molecule has 1 saturated carbocycles. The Morgan fingerprint density at radius 2 is 1.83 bits per heavy atom. The van der Waals surface area contributed by atoms with Crippen molar-refractivity contribution in [2.24, 2.45) is 0 Å². The van der Waals surface area contributed by atoms with Crippen molar-refractivity contribution in [2.45, 2.75) is 36.6 Å². The van der Waals surface area contributed by atoms with Gasteiger partial charge in [-0.3, -0.25) is 9.48 Å². The van der Waals surface area contributed by atoms with Crippen molar-refractivity contribution in [3.63, 3.8) is 0 Å². The smallest absolute Gasteiger partial charge is 0.260 e. The minimum atomic E-state index is -3.38. The highest BCUT2D eigenvalue weighted by molar-refractivity contribution is 7.91. The van der Waals surface area contributed by atoms with E-state index >= 15 is 0 Å². The minimum absolute atomic E-state index is 0.0216. The Kier molecular flexibility index (Phi) is 7.03. The molecular weight excluding hydrogens is 611 g/mol. The Balaban J connectivity index is 1.21. The van der Waals surface area contributed by atoms with Gasteiger partial charge in [-0.05, 0) is 55.3 Å². The lowest BCUT2D eigenvalue weighted by atomic mass is 9.94. The van der Waals surface area contributed by atoms with Gasteiger partial charge in [-0.2, -0.15) is 10.1 Å². The van der Waals surface area contributed by atoms with Gasteiger partial charge in [-0.1, -0.05) is 35.3 Å². The molecule has 1 amide bonds. The highest BCUT2D eigenvalue weighted by Gasteiger charge is 2.52. The lowest BCUT2D eigenvalue weighted by molar-refractivity contribution is -0.116. The Hall–Kier alpha value is -3.87. The maximum absolute atomic E-state index is 14.3. The number of nitrogens with one attached hydrogen (secondary N) is 1. The number of carbonyl (C=O) groups is 1. The number of halogens is 4. The molecule has 42 heavy (non-hydrogen) atoms. The fourth-order valence-corrected chi connectivity index (χ4v) is 6.65. The van der Waals surface area contributed by atoms with Crippen LogP contribution in [0.2, 0.25) is 10.0 Å². The summed E-state index contributed by atoms with van der Waals surface area (Å²) in [6.07, 6.45) is 2.72. The van der Waals surface area contributed by atoms with E-state index in [0.717, 1.165) is 12.1 Å². The number of sulfone groups is 1. The van der Waals surface area contributed by atoms with E-state index in [1.54, 1.807) is 25.1 Å². The van der Waals surface area contributed by atoms with Crippen LogP contribution >= 0.6 is 23.2 Å². The number of benzene rings is 3. The van der Waals surface area contributed by atoms with Crippen LogP contribution < -0.4 is 5.32 Å². The number of anilines is 1. The normalized spacial score (nSPS) is 14.3. The summed E-state index contributed by atoms with van der Waals surface area (Å²) < 4.78 is 58.7. The molecule has 2 heterocycles. The number of aromatic nitrogens is 4. The van der Waals surface area contributed by atoms with Crippen molar-refractivity contribution < 1.29 is 26.5 Å². The predicted molar refractivity (Wildman–Crippen MR) is 152 cm³/mol. The molecule has 14 heteroatoms. The number of hydrogen-bond donors (Lipinski definition) is 1. The molecule has 216 valence electrons. The topological polar surface area (TPSA) is 120 Å². The van der Waals surface area contributed by atoms with Gasteiger partial charge in [0.15, 0.2) is 15.7 Å². The van der Waals surface area contributed by atoms with E-state index in [9.17, 15) is 22.0 Å². The first kappa shape index (κ1) is 28.3. The fourth-order valence-electron chi connectivity index (χ4n) is 4.89. The SMILES string of the molecule is CCS(=O)(=O)c1ccc2c(cnn2CC(=O)Nc2cc(Cl)c(C3(c4noc(-c5ccc(F)cc5F)n4)CC3)c(Cl)c2)c1. The first-order valence-corrected chi connectivity index (χ1v) is 15.2. The lowest BCUT2D eigenvalue weighted by Crippen LogP contribution is -2.20. The van der Waals surface area contributed by atoms with Crippen LogP contribution in [0.5, 0.6) is 0 Å². The zero-order valence-corrected chi connectivity index (χ0v) is 24.2. The highest BCUT2D eigenvalue weighted by Crippen LogP contribution is 2.57. The Bertz CT molecular complexity index is 1970. The Morgan fingerprint density at radius 1 is 1.10 bits per heavy atom. The largest absolute Gasteiger partial charge is 0.334 e. The molecule has 0 saturated heterocycles. The van der Waals surface area contributed by atoms with Gasteiger partial charge in [0.05, 0.1) is 33.3 Å². The number of rotatable bonds is 8.